The Morgan fingerprint density at radius 3 is 3.00 bits per heavy atom. The van der Waals surface area contributed by atoms with Crippen LogP contribution in [-0.2, 0) is 4.79 Å². The molecular weight excluding hydrogens is 460 g/mol. The summed E-state index contributed by atoms with van der Waals surface area (Å²) in [5, 5.41) is 14.2. The number of likely N-dealkylation sites (tertiary alicyclic amines) is 1. The first-order valence-electron chi connectivity index (χ1n) is 12.1. The molecule has 5 heterocycles. The Hall–Kier alpha value is -3.27. The number of hydrogen-bond acceptors (Lipinski definition) is 7. The average molecular weight is 489 g/mol. The molecule has 0 aliphatic carbocycles. The molecule has 1 unspecified atom stereocenters. The van der Waals surface area contributed by atoms with Gasteiger partial charge in [-0.3, -0.25) is 4.79 Å². The molecule has 35 heavy (non-hydrogen) atoms. The van der Waals surface area contributed by atoms with E-state index in [9.17, 15) is 9.90 Å². The normalized spacial score (nSPS) is 18.9. The van der Waals surface area contributed by atoms with Gasteiger partial charge in [0.15, 0.2) is 0 Å². The highest BCUT2D eigenvalue weighted by Crippen LogP contribution is 2.31. The number of thiazole rings is 1. The van der Waals surface area contributed by atoms with Crippen LogP contribution in [0.25, 0.3) is 26.8 Å². The summed E-state index contributed by atoms with van der Waals surface area (Å²) in [4.78, 5) is 29.1. The molecule has 8 nitrogen and oxygen atoms in total. The van der Waals surface area contributed by atoms with E-state index in [1.807, 2.05) is 34.8 Å². The highest BCUT2D eigenvalue weighted by molar-refractivity contribution is 7.16. The number of hydrogen-bond donors (Lipinski definition) is 3. The SMILES string of the molecule is O=C(CCN1CCC(O)C1)N1CC=C(c2cc3c(Nc4ccc5ncsc5c4)ccnc3[nH]2)CC1. The minimum atomic E-state index is -0.242. The molecule has 2 aliphatic rings. The number of pyridine rings is 1. The molecule has 1 aromatic carbocycles. The third kappa shape index (κ3) is 4.67. The van der Waals surface area contributed by atoms with Crippen molar-refractivity contribution < 1.29 is 9.90 Å². The molecule has 180 valence electrons. The van der Waals surface area contributed by atoms with E-state index in [4.69, 9.17) is 0 Å². The second-order valence-electron chi connectivity index (χ2n) is 9.28. The van der Waals surface area contributed by atoms with Crippen molar-refractivity contribution in [3.8, 4) is 0 Å². The predicted octanol–water partition coefficient (Wildman–Crippen LogP) is 3.99. The topological polar surface area (TPSA) is 97.4 Å². The number of fused-ring (bicyclic) bond motifs is 2. The van der Waals surface area contributed by atoms with Gasteiger partial charge in [-0.05, 0) is 48.7 Å². The van der Waals surface area contributed by atoms with E-state index in [-0.39, 0.29) is 12.0 Å². The fourth-order valence-electron chi connectivity index (χ4n) is 4.96. The maximum atomic E-state index is 12.7. The summed E-state index contributed by atoms with van der Waals surface area (Å²) in [5.41, 5.74) is 8.01. The highest BCUT2D eigenvalue weighted by Gasteiger charge is 2.23. The molecule has 3 N–H and O–H groups in total. The number of β-amino-alcohol motifs (C(OH)–C–C–N with tert-alkyl or cyclic N) is 1. The number of aliphatic hydroxyl groups excluding tert-OH is 1. The summed E-state index contributed by atoms with van der Waals surface area (Å²) < 4.78 is 1.15. The van der Waals surface area contributed by atoms with Crippen LogP contribution in [0, 0.1) is 0 Å². The highest BCUT2D eigenvalue weighted by atomic mass is 32.1. The first-order valence-corrected chi connectivity index (χ1v) is 13.0. The second-order valence-corrected chi connectivity index (χ2v) is 10.2. The molecule has 1 amide bonds. The largest absolute Gasteiger partial charge is 0.392 e. The lowest BCUT2D eigenvalue weighted by atomic mass is 10.0. The summed E-state index contributed by atoms with van der Waals surface area (Å²) >= 11 is 1.63. The average Bonchev–Trinajstić information content (AvgIpc) is 3.62. The number of H-pyrrole nitrogens is 1. The van der Waals surface area contributed by atoms with Gasteiger partial charge in [-0.15, -0.1) is 11.3 Å². The Kier molecular flexibility index (Phi) is 5.97. The summed E-state index contributed by atoms with van der Waals surface area (Å²) in [6, 6.07) is 10.3. The Balaban J connectivity index is 1.14. The number of aromatic amines is 1. The lowest BCUT2D eigenvalue weighted by Crippen LogP contribution is -2.37. The van der Waals surface area contributed by atoms with Crippen molar-refractivity contribution in [2.45, 2.75) is 25.4 Å². The quantitative estimate of drug-likeness (QED) is 0.380. The zero-order valence-corrected chi connectivity index (χ0v) is 20.2. The van der Waals surface area contributed by atoms with Gasteiger partial charge in [0.05, 0.1) is 27.5 Å². The number of aromatic nitrogens is 3. The van der Waals surface area contributed by atoms with Crippen LogP contribution in [-0.4, -0.2) is 74.6 Å². The maximum Gasteiger partial charge on any atom is 0.224 e. The van der Waals surface area contributed by atoms with E-state index in [2.05, 4.69) is 43.4 Å². The van der Waals surface area contributed by atoms with Gasteiger partial charge in [0.1, 0.15) is 5.65 Å². The van der Waals surface area contributed by atoms with Gasteiger partial charge in [-0.25, -0.2) is 9.97 Å². The van der Waals surface area contributed by atoms with Gasteiger partial charge in [0, 0.05) is 62.1 Å². The predicted molar refractivity (Wildman–Crippen MR) is 140 cm³/mol. The van der Waals surface area contributed by atoms with E-state index in [1.165, 1.54) is 5.57 Å². The van der Waals surface area contributed by atoms with Crippen LogP contribution >= 0.6 is 11.3 Å². The molecule has 0 bridgehead atoms. The summed E-state index contributed by atoms with van der Waals surface area (Å²) in [6.07, 6.45) is 5.85. The molecular formula is C26H28N6O2S. The fourth-order valence-corrected chi connectivity index (χ4v) is 5.68. The van der Waals surface area contributed by atoms with Crippen LogP contribution < -0.4 is 5.32 Å². The summed E-state index contributed by atoms with van der Waals surface area (Å²) in [7, 11) is 0. The van der Waals surface area contributed by atoms with E-state index in [0.29, 0.717) is 19.5 Å². The minimum absolute atomic E-state index is 0.185. The van der Waals surface area contributed by atoms with Crippen LogP contribution in [0.1, 0.15) is 25.0 Å². The number of nitrogens with one attached hydrogen (secondary N) is 2. The standard InChI is InChI=1S/C26H28N6O2S/c33-19-6-9-31(15-19)10-7-25(34)32-11-4-17(5-12-32)23-14-20-21(3-8-27-26(20)30-23)29-18-1-2-22-24(13-18)35-16-28-22/h1-4,8,13-14,16,19,33H,5-7,9-12,15H2,(H2,27,29,30). The molecule has 1 atom stereocenters. The van der Waals surface area contributed by atoms with Crippen LogP contribution in [0.5, 0.6) is 0 Å². The lowest BCUT2D eigenvalue weighted by molar-refractivity contribution is -0.131. The van der Waals surface area contributed by atoms with Crippen molar-refractivity contribution in [2.24, 2.45) is 0 Å². The van der Waals surface area contributed by atoms with Crippen molar-refractivity contribution >= 4 is 55.4 Å². The van der Waals surface area contributed by atoms with Crippen LogP contribution in [0.4, 0.5) is 11.4 Å². The van der Waals surface area contributed by atoms with Gasteiger partial charge in [-0.2, -0.15) is 0 Å². The molecule has 2 aliphatic heterocycles. The molecule has 3 aromatic heterocycles. The fraction of sp³-hybridized carbons (Fsp3) is 0.346. The Morgan fingerprint density at radius 1 is 1.23 bits per heavy atom. The Labute approximate surface area is 207 Å². The third-order valence-corrected chi connectivity index (χ3v) is 7.73. The number of carbonyl (C=O) groups is 1. The smallest absolute Gasteiger partial charge is 0.224 e. The number of benzene rings is 1. The van der Waals surface area contributed by atoms with E-state index >= 15 is 0 Å². The van der Waals surface area contributed by atoms with E-state index < -0.39 is 0 Å². The van der Waals surface area contributed by atoms with Crippen LogP contribution in [0.3, 0.4) is 0 Å². The number of nitrogens with zero attached hydrogens (tertiary/aromatic N) is 4. The number of aliphatic hydroxyl groups is 1. The zero-order chi connectivity index (χ0) is 23.8. The molecule has 6 rings (SSSR count). The number of rotatable bonds is 6. The van der Waals surface area contributed by atoms with Gasteiger partial charge in [0.2, 0.25) is 5.91 Å². The van der Waals surface area contributed by atoms with E-state index in [0.717, 1.165) is 70.8 Å². The molecule has 1 saturated heterocycles. The van der Waals surface area contributed by atoms with Crippen LogP contribution in [0.15, 0.2) is 48.1 Å². The Bertz CT molecular complexity index is 1410. The lowest BCUT2D eigenvalue weighted by Gasteiger charge is -2.27. The zero-order valence-electron chi connectivity index (χ0n) is 19.4. The van der Waals surface area contributed by atoms with Crippen molar-refractivity contribution in [2.75, 3.05) is 38.0 Å². The van der Waals surface area contributed by atoms with Crippen molar-refractivity contribution in [3.63, 3.8) is 0 Å². The van der Waals surface area contributed by atoms with Crippen molar-refractivity contribution in [1.29, 1.82) is 0 Å². The summed E-state index contributed by atoms with van der Waals surface area (Å²) in [5.74, 6) is 0.185. The first-order chi connectivity index (χ1) is 17.1. The second kappa shape index (κ2) is 9.41. The molecule has 0 spiro atoms. The first kappa shape index (κ1) is 22.2. The van der Waals surface area contributed by atoms with Crippen molar-refractivity contribution in [3.05, 3.63) is 53.8 Å². The molecule has 4 aromatic rings. The third-order valence-electron chi connectivity index (χ3n) is 6.94. The number of carbonyl (C=O) groups excluding carboxylic acids is 1. The number of anilines is 2. The monoisotopic (exact) mass is 488 g/mol. The maximum absolute atomic E-state index is 12.7. The minimum Gasteiger partial charge on any atom is -0.392 e. The van der Waals surface area contributed by atoms with E-state index in [1.54, 1.807) is 11.3 Å². The van der Waals surface area contributed by atoms with Gasteiger partial charge in [-0.1, -0.05) is 6.08 Å². The van der Waals surface area contributed by atoms with Gasteiger partial charge >= 0.3 is 0 Å². The van der Waals surface area contributed by atoms with Crippen LogP contribution in [0.2, 0.25) is 0 Å². The molecule has 0 radical (unpaired) electrons. The molecule has 1 fully saturated rings. The molecule has 0 saturated carbocycles. The van der Waals surface area contributed by atoms with Gasteiger partial charge < -0.3 is 25.2 Å². The summed E-state index contributed by atoms with van der Waals surface area (Å²) in [6.45, 7) is 3.63. The Morgan fingerprint density at radius 2 is 2.17 bits per heavy atom. The molecule has 9 heteroatoms. The number of amides is 1. The van der Waals surface area contributed by atoms with Gasteiger partial charge in [0.25, 0.3) is 0 Å². The van der Waals surface area contributed by atoms with Crippen molar-refractivity contribution in [1.82, 2.24) is 24.8 Å².